The lowest BCUT2D eigenvalue weighted by Crippen LogP contribution is -2.50. The minimum Gasteiger partial charge on any atom is -0.339 e. The Balaban J connectivity index is 1.45. The summed E-state index contributed by atoms with van der Waals surface area (Å²) in [5.41, 5.74) is 0.916. The normalized spacial score (nSPS) is 11.3. The van der Waals surface area contributed by atoms with Crippen LogP contribution in [0.5, 0.6) is 0 Å². The first-order valence-corrected chi connectivity index (χ1v) is 11.6. The van der Waals surface area contributed by atoms with Crippen LogP contribution in [-0.4, -0.2) is 43.6 Å². The topological polar surface area (TPSA) is 126 Å². The number of halogens is 5. The molecule has 0 fully saturated rings. The predicted octanol–water partition coefficient (Wildman–Crippen LogP) is 4.68. The van der Waals surface area contributed by atoms with Gasteiger partial charge in [0.05, 0.1) is 28.9 Å². The van der Waals surface area contributed by atoms with Crippen molar-refractivity contribution in [2.45, 2.75) is 26.6 Å². The zero-order valence-corrected chi connectivity index (χ0v) is 20.9. The molecule has 208 valence electrons. The van der Waals surface area contributed by atoms with Gasteiger partial charge in [-0.15, -0.1) is 0 Å². The first-order chi connectivity index (χ1) is 19.0. The van der Waals surface area contributed by atoms with Gasteiger partial charge in [-0.1, -0.05) is 17.3 Å². The number of nitrogens with one attached hydrogen (secondary N) is 2. The van der Waals surface area contributed by atoms with E-state index in [9.17, 15) is 31.5 Å². The first-order valence-electron chi connectivity index (χ1n) is 11.6. The first kappa shape index (κ1) is 28.1. The van der Waals surface area contributed by atoms with Crippen molar-refractivity contribution >= 4 is 11.9 Å². The standard InChI is InChI=1S/C25H20F5N7O3/c1-3-37(35-23(38)15-7-16(11-31-9-15)25(28,29)30)24(39)33-12-20-19(27)8-14(10-32-20)17-5-4-6-18(26)21(17)22-34-13(2)40-36-22/h4-11H,3,12H2,1-2H3,(H,33,39)(H,35,38). The Morgan fingerprint density at radius 3 is 2.50 bits per heavy atom. The molecule has 0 atom stereocenters. The average molecular weight is 561 g/mol. The van der Waals surface area contributed by atoms with Crippen LogP contribution in [0.1, 0.15) is 34.4 Å². The summed E-state index contributed by atoms with van der Waals surface area (Å²) in [7, 11) is 0. The number of aryl methyl sites for hydroxylation is 1. The monoisotopic (exact) mass is 561 g/mol. The highest BCUT2D eigenvalue weighted by Crippen LogP contribution is 2.33. The lowest BCUT2D eigenvalue weighted by atomic mass is 9.99. The van der Waals surface area contributed by atoms with E-state index in [1.807, 2.05) is 0 Å². The summed E-state index contributed by atoms with van der Waals surface area (Å²) >= 11 is 0. The molecule has 3 heterocycles. The number of urea groups is 1. The zero-order chi connectivity index (χ0) is 29.0. The van der Waals surface area contributed by atoms with Gasteiger partial charge in [-0.05, 0) is 30.7 Å². The summed E-state index contributed by atoms with van der Waals surface area (Å²) in [6.07, 6.45) is -1.95. The number of pyridine rings is 2. The van der Waals surface area contributed by atoms with Gasteiger partial charge in [-0.3, -0.25) is 20.2 Å². The summed E-state index contributed by atoms with van der Waals surface area (Å²) in [5, 5.41) is 6.89. The maximum Gasteiger partial charge on any atom is 0.417 e. The number of amides is 3. The molecule has 0 saturated carbocycles. The van der Waals surface area contributed by atoms with Crippen molar-refractivity contribution in [1.29, 1.82) is 0 Å². The number of benzene rings is 1. The highest BCUT2D eigenvalue weighted by atomic mass is 19.4. The van der Waals surface area contributed by atoms with Crippen LogP contribution >= 0.6 is 0 Å². The number of carbonyl (C=O) groups is 2. The molecule has 0 spiro atoms. The largest absolute Gasteiger partial charge is 0.417 e. The molecule has 3 aromatic heterocycles. The Labute approximate surface area is 223 Å². The number of hydrazine groups is 1. The number of nitrogens with zero attached hydrogens (tertiary/aromatic N) is 5. The minimum atomic E-state index is -4.71. The van der Waals surface area contributed by atoms with E-state index in [1.165, 1.54) is 38.2 Å². The fourth-order valence-corrected chi connectivity index (χ4v) is 3.57. The van der Waals surface area contributed by atoms with E-state index in [-0.39, 0.29) is 40.6 Å². The number of aromatic nitrogens is 4. The molecular weight excluding hydrogens is 541 g/mol. The van der Waals surface area contributed by atoms with Crippen LogP contribution in [-0.2, 0) is 12.7 Å². The van der Waals surface area contributed by atoms with Gasteiger partial charge in [0.15, 0.2) is 0 Å². The third-order valence-corrected chi connectivity index (χ3v) is 5.53. The average Bonchev–Trinajstić information content (AvgIpc) is 3.35. The smallest absolute Gasteiger partial charge is 0.339 e. The van der Waals surface area contributed by atoms with Crippen molar-refractivity contribution in [3.05, 3.63) is 83.3 Å². The number of carbonyl (C=O) groups excluding carboxylic acids is 2. The second-order valence-corrected chi connectivity index (χ2v) is 8.26. The molecule has 15 heteroatoms. The Kier molecular flexibility index (Phi) is 8.02. The third kappa shape index (κ3) is 6.19. The summed E-state index contributed by atoms with van der Waals surface area (Å²) < 4.78 is 73.2. The lowest BCUT2D eigenvalue weighted by Gasteiger charge is -2.22. The molecule has 4 aromatic rings. The molecule has 0 aliphatic heterocycles. The van der Waals surface area contributed by atoms with Crippen molar-refractivity contribution in [2.24, 2.45) is 0 Å². The summed E-state index contributed by atoms with van der Waals surface area (Å²) in [4.78, 5) is 36.4. The highest BCUT2D eigenvalue weighted by Gasteiger charge is 2.32. The van der Waals surface area contributed by atoms with Crippen LogP contribution in [0.4, 0.5) is 26.7 Å². The summed E-state index contributed by atoms with van der Waals surface area (Å²) in [6.45, 7) is 2.56. The molecule has 1 aromatic carbocycles. The van der Waals surface area contributed by atoms with Crippen LogP contribution < -0.4 is 10.7 Å². The number of hydrogen-bond donors (Lipinski definition) is 2. The van der Waals surface area contributed by atoms with Gasteiger partial charge in [0.1, 0.15) is 11.6 Å². The second-order valence-electron chi connectivity index (χ2n) is 8.26. The maximum absolute atomic E-state index is 14.9. The Hall–Kier alpha value is -4.95. The van der Waals surface area contributed by atoms with Crippen molar-refractivity contribution in [3.8, 4) is 22.5 Å². The number of hydrogen-bond acceptors (Lipinski definition) is 7. The van der Waals surface area contributed by atoms with Crippen LogP contribution in [0.15, 0.2) is 53.4 Å². The van der Waals surface area contributed by atoms with E-state index in [0.717, 1.165) is 17.3 Å². The minimum absolute atomic E-state index is 0.00750. The van der Waals surface area contributed by atoms with Gasteiger partial charge < -0.3 is 9.84 Å². The van der Waals surface area contributed by atoms with Crippen LogP contribution in [0.3, 0.4) is 0 Å². The Bertz CT molecular complexity index is 1560. The lowest BCUT2D eigenvalue weighted by molar-refractivity contribution is -0.137. The van der Waals surface area contributed by atoms with Crippen molar-refractivity contribution in [1.82, 2.24) is 35.9 Å². The molecular formula is C25H20F5N7O3. The molecule has 10 nitrogen and oxygen atoms in total. The summed E-state index contributed by atoms with van der Waals surface area (Å²) in [6, 6.07) is 4.97. The third-order valence-electron chi connectivity index (χ3n) is 5.53. The maximum atomic E-state index is 14.9. The molecule has 0 aliphatic carbocycles. The number of rotatable bonds is 6. The van der Waals surface area contributed by atoms with Gasteiger partial charge in [0.25, 0.3) is 5.91 Å². The van der Waals surface area contributed by atoms with E-state index in [2.05, 4.69) is 30.9 Å². The van der Waals surface area contributed by atoms with Gasteiger partial charge in [-0.2, -0.15) is 18.2 Å². The van der Waals surface area contributed by atoms with Gasteiger partial charge in [0.2, 0.25) is 11.7 Å². The molecule has 2 N–H and O–H groups in total. The van der Waals surface area contributed by atoms with E-state index in [4.69, 9.17) is 4.52 Å². The SMILES string of the molecule is CCN(NC(=O)c1cncc(C(F)(F)F)c1)C(=O)NCc1ncc(-c2cccc(F)c2-c2noc(C)n2)cc1F. The second kappa shape index (κ2) is 11.4. The fourth-order valence-electron chi connectivity index (χ4n) is 3.57. The highest BCUT2D eigenvalue weighted by molar-refractivity contribution is 5.95. The fraction of sp³-hybridized carbons (Fsp3) is 0.200. The van der Waals surface area contributed by atoms with Crippen molar-refractivity contribution in [3.63, 3.8) is 0 Å². The molecule has 0 saturated heterocycles. The van der Waals surface area contributed by atoms with Crippen LogP contribution in [0, 0.1) is 18.6 Å². The van der Waals surface area contributed by atoms with E-state index >= 15 is 0 Å². The van der Waals surface area contributed by atoms with E-state index in [1.54, 1.807) is 0 Å². The molecule has 0 radical (unpaired) electrons. The zero-order valence-electron chi connectivity index (χ0n) is 20.9. The molecule has 40 heavy (non-hydrogen) atoms. The summed E-state index contributed by atoms with van der Waals surface area (Å²) in [5.74, 6) is -2.29. The van der Waals surface area contributed by atoms with Crippen LogP contribution in [0.25, 0.3) is 22.5 Å². The Morgan fingerprint density at radius 1 is 1.07 bits per heavy atom. The Morgan fingerprint density at radius 2 is 1.85 bits per heavy atom. The van der Waals surface area contributed by atoms with E-state index in [0.29, 0.717) is 12.3 Å². The quantitative estimate of drug-likeness (QED) is 0.259. The van der Waals surface area contributed by atoms with Gasteiger partial charge >= 0.3 is 12.2 Å². The molecule has 0 unspecified atom stereocenters. The molecule has 0 aliphatic rings. The molecule has 4 rings (SSSR count). The predicted molar refractivity (Wildman–Crippen MR) is 129 cm³/mol. The van der Waals surface area contributed by atoms with Crippen molar-refractivity contribution in [2.75, 3.05) is 6.54 Å². The van der Waals surface area contributed by atoms with Gasteiger partial charge in [0, 0.05) is 37.6 Å². The number of alkyl halides is 3. The molecule has 0 bridgehead atoms. The van der Waals surface area contributed by atoms with Crippen LogP contribution in [0.2, 0.25) is 0 Å². The molecule has 3 amide bonds. The van der Waals surface area contributed by atoms with Crippen molar-refractivity contribution < 1.29 is 36.1 Å². The van der Waals surface area contributed by atoms with Gasteiger partial charge in [-0.25, -0.2) is 18.6 Å². The van der Waals surface area contributed by atoms with E-state index < -0.39 is 47.4 Å².